The van der Waals surface area contributed by atoms with Gasteiger partial charge in [-0.25, -0.2) is 4.98 Å². The van der Waals surface area contributed by atoms with Gasteiger partial charge in [0, 0.05) is 17.5 Å². The number of nitrogen functional groups attached to an aromatic ring is 1. The molecule has 0 unspecified atom stereocenters. The Morgan fingerprint density at radius 2 is 2.00 bits per heavy atom. The fourth-order valence-corrected chi connectivity index (χ4v) is 2.29. The Kier molecular flexibility index (Phi) is 4.20. The molecule has 0 fully saturated rings. The zero-order valence-corrected chi connectivity index (χ0v) is 11.5. The number of rotatable bonds is 5. The number of benzene rings is 1. The SMILES string of the molecule is CC(C)COc1ccc(Cc2cnc(N)s2)cc1. The molecular formula is C14H18N2OS. The van der Waals surface area contributed by atoms with Crippen LogP contribution < -0.4 is 10.5 Å². The first-order valence-corrected chi connectivity index (χ1v) is 6.87. The fraction of sp³-hybridized carbons (Fsp3) is 0.357. The lowest BCUT2D eigenvalue weighted by Crippen LogP contribution is -2.04. The van der Waals surface area contributed by atoms with Crippen LogP contribution in [0.3, 0.4) is 0 Å². The highest BCUT2D eigenvalue weighted by atomic mass is 32.1. The zero-order valence-electron chi connectivity index (χ0n) is 10.7. The van der Waals surface area contributed by atoms with E-state index in [1.54, 1.807) is 0 Å². The van der Waals surface area contributed by atoms with E-state index in [0.717, 1.165) is 18.8 Å². The molecule has 1 aromatic carbocycles. The Morgan fingerprint density at radius 1 is 1.28 bits per heavy atom. The van der Waals surface area contributed by atoms with Crippen molar-refractivity contribution < 1.29 is 4.74 Å². The summed E-state index contributed by atoms with van der Waals surface area (Å²) in [7, 11) is 0. The van der Waals surface area contributed by atoms with Gasteiger partial charge >= 0.3 is 0 Å². The van der Waals surface area contributed by atoms with Crippen molar-refractivity contribution in [2.75, 3.05) is 12.3 Å². The second kappa shape index (κ2) is 5.87. The quantitative estimate of drug-likeness (QED) is 0.899. The van der Waals surface area contributed by atoms with Gasteiger partial charge in [-0.05, 0) is 23.6 Å². The molecule has 0 saturated carbocycles. The first-order chi connectivity index (χ1) is 8.63. The molecule has 2 N–H and O–H groups in total. The van der Waals surface area contributed by atoms with Crippen LogP contribution >= 0.6 is 11.3 Å². The van der Waals surface area contributed by atoms with Crippen molar-refractivity contribution in [3.63, 3.8) is 0 Å². The fourth-order valence-electron chi connectivity index (χ4n) is 1.57. The summed E-state index contributed by atoms with van der Waals surface area (Å²) in [4.78, 5) is 5.23. The molecule has 96 valence electrons. The Hall–Kier alpha value is -1.55. The molecule has 0 bridgehead atoms. The van der Waals surface area contributed by atoms with E-state index >= 15 is 0 Å². The summed E-state index contributed by atoms with van der Waals surface area (Å²) in [6.45, 7) is 5.04. The number of anilines is 1. The Bertz CT molecular complexity index is 491. The smallest absolute Gasteiger partial charge is 0.180 e. The van der Waals surface area contributed by atoms with Crippen LogP contribution in [0.5, 0.6) is 5.75 Å². The third-order valence-electron chi connectivity index (χ3n) is 2.46. The maximum Gasteiger partial charge on any atom is 0.180 e. The molecule has 0 aliphatic heterocycles. The molecule has 0 aliphatic rings. The molecule has 1 heterocycles. The summed E-state index contributed by atoms with van der Waals surface area (Å²) < 4.78 is 5.65. The van der Waals surface area contributed by atoms with Gasteiger partial charge in [0.2, 0.25) is 0 Å². The van der Waals surface area contributed by atoms with Gasteiger partial charge in [0.15, 0.2) is 5.13 Å². The van der Waals surface area contributed by atoms with Crippen molar-refractivity contribution in [3.8, 4) is 5.75 Å². The molecule has 0 radical (unpaired) electrons. The lowest BCUT2D eigenvalue weighted by Gasteiger charge is -2.08. The van der Waals surface area contributed by atoms with E-state index in [1.165, 1.54) is 21.8 Å². The highest BCUT2D eigenvalue weighted by molar-refractivity contribution is 7.15. The number of nitrogens with zero attached hydrogens (tertiary/aromatic N) is 1. The van der Waals surface area contributed by atoms with Crippen molar-refractivity contribution in [2.45, 2.75) is 20.3 Å². The Morgan fingerprint density at radius 3 is 2.56 bits per heavy atom. The standard InChI is InChI=1S/C14H18N2OS/c1-10(2)9-17-12-5-3-11(4-6-12)7-13-8-16-14(15)18-13/h3-6,8,10H,7,9H2,1-2H3,(H2,15,16). The van der Waals surface area contributed by atoms with Crippen LogP contribution in [0.4, 0.5) is 5.13 Å². The zero-order chi connectivity index (χ0) is 13.0. The van der Waals surface area contributed by atoms with Gasteiger partial charge in [-0.15, -0.1) is 11.3 Å². The minimum Gasteiger partial charge on any atom is -0.493 e. The van der Waals surface area contributed by atoms with Gasteiger partial charge < -0.3 is 10.5 Å². The molecule has 2 aromatic rings. The van der Waals surface area contributed by atoms with E-state index in [0.29, 0.717) is 11.0 Å². The van der Waals surface area contributed by atoms with Crippen LogP contribution in [0.15, 0.2) is 30.5 Å². The Balaban J connectivity index is 1.95. The third kappa shape index (κ3) is 3.74. The molecule has 3 nitrogen and oxygen atoms in total. The molecule has 0 spiro atoms. The second-order valence-electron chi connectivity index (χ2n) is 4.69. The molecule has 0 amide bonds. The van der Waals surface area contributed by atoms with Gasteiger partial charge in [0.05, 0.1) is 6.61 Å². The highest BCUT2D eigenvalue weighted by Gasteiger charge is 2.02. The van der Waals surface area contributed by atoms with Crippen molar-refractivity contribution in [3.05, 3.63) is 40.9 Å². The molecule has 0 atom stereocenters. The van der Waals surface area contributed by atoms with Crippen LogP contribution in [-0.4, -0.2) is 11.6 Å². The minimum atomic E-state index is 0.546. The van der Waals surface area contributed by atoms with Crippen LogP contribution in [0.1, 0.15) is 24.3 Å². The largest absolute Gasteiger partial charge is 0.493 e. The average molecular weight is 262 g/mol. The van der Waals surface area contributed by atoms with Crippen molar-refractivity contribution in [1.29, 1.82) is 0 Å². The van der Waals surface area contributed by atoms with Crippen molar-refractivity contribution in [2.24, 2.45) is 5.92 Å². The third-order valence-corrected chi connectivity index (χ3v) is 3.28. The number of hydrogen-bond acceptors (Lipinski definition) is 4. The molecular weight excluding hydrogens is 244 g/mol. The topological polar surface area (TPSA) is 48.1 Å². The Labute approximate surface area is 112 Å². The summed E-state index contributed by atoms with van der Waals surface area (Å²) in [5, 5.41) is 0.627. The normalized spacial score (nSPS) is 10.8. The minimum absolute atomic E-state index is 0.546. The van der Waals surface area contributed by atoms with Crippen LogP contribution in [0, 0.1) is 5.92 Å². The van der Waals surface area contributed by atoms with E-state index in [4.69, 9.17) is 10.5 Å². The van der Waals surface area contributed by atoms with Gasteiger partial charge in [-0.2, -0.15) is 0 Å². The van der Waals surface area contributed by atoms with Crippen molar-refractivity contribution >= 4 is 16.5 Å². The first-order valence-electron chi connectivity index (χ1n) is 6.05. The van der Waals surface area contributed by atoms with E-state index in [9.17, 15) is 0 Å². The molecule has 0 saturated heterocycles. The molecule has 4 heteroatoms. The summed E-state index contributed by atoms with van der Waals surface area (Å²) in [5.74, 6) is 1.47. The number of nitrogens with two attached hydrogens (primary N) is 1. The van der Waals surface area contributed by atoms with Gasteiger partial charge in [-0.1, -0.05) is 26.0 Å². The maximum absolute atomic E-state index is 5.65. The van der Waals surface area contributed by atoms with Gasteiger partial charge in [-0.3, -0.25) is 0 Å². The lowest BCUT2D eigenvalue weighted by atomic mass is 10.1. The second-order valence-corrected chi connectivity index (χ2v) is 5.84. The predicted molar refractivity (Wildman–Crippen MR) is 76.1 cm³/mol. The number of aromatic nitrogens is 1. The van der Waals surface area contributed by atoms with E-state index in [2.05, 4.69) is 31.0 Å². The molecule has 0 aliphatic carbocycles. The predicted octanol–water partition coefficient (Wildman–Crippen LogP) is 3.35. The molecule has 1 aromatic heterocycles. The maximum atomic E-state index is 5.65. The lowest BCUT2D eigenvalue weighted by molar-refractivity contribution is 0.271. The average Bonchev–Trinajstić information content (AvgIpc) is 2.74. The van der Waals surface area contributed by atoms with E-state index in [-0.39, 0.29) is 0 Å². The van der Waals surface area contributed by atoms with Crippen LogP contribution in [0.2, 0.25) is 0 Å². The summed E-state index contributed by atoms with van der Waals surface area (Å²) in [5.41, 5.74) is 6.86. The highest BCUT2D eigenvalue weighted by Crippen LogP contribution is 2.20. The molecule has 2 rings (SSSR count). The van der Waals surface area contributed by atoms with Gasteiger partial charge in [0.1, 0.15) is 5.75 Å². The number of thiazole rings is 1. The van der Waals surface area contributed by atoms with Crippen LogP contribution in [0.25, 0.3) is 0 Å². The monoisotopic (exact) mass is 262 g/mol. The summed E-state index contributed by atoms with van der Waals surface area (Å²) in [6, 6.07) is 8.21. The number of ether oxygens (including phenoxy) is 1. The van der Waals surface area contributed by atoms with Gasteiger partial charge in [0.25, 0.3) is 0 Å². The van der Waals surface area contributed by atoms with E-state index in [1.807, 2.05) is 18.3 Å². The summed E-state index contributed by atoms with van der Waals surface area (Å²) in [6.07, 6.45) is 2.71. The first kappa shape index (κ1) is 12.9. The van der Waals surface area contributed by atoms with E-state index < -0.39 is 0 Å². The number of hydrogen-bond donors (Lipinski definition) is 1. The van der Waals surface area contributed by atoms with Crippen LogP contribution in [-0.2, 0) is 6.42 Å². The van der Waals surface area contributed by atoms with Crippen molar-refractivity contribution in [1.82, 2.24) is 4.98 Å². The summed E-state index contributed by atoms with van der Waals surface area (Å²) >= 11 is 1.54. The molecule has 18 heavy (non-hydrogen) atoms.